The van der Waals surface area contributed by atoms with Crippen molar-refractivity contribution in [2.75, 3.05) is 0 Å². The number of nitrogens with one attached hydrogen (secondary N) is 1. The van der Waals surface area contributed by atoms with Crippen LogP contribution in [-0.2, 0) is 6.42 Å². The molecular weight excluding hydrogens is 246 g/mol. The Morgan fingerprint density at radius 1 is 1.10 bits per heavy atom. The molecule has 1 aromatic carbocycles. The van der Waals surface area contributed by atoms with Gasteiger partial charge >= 0.3 is 0 Å². The van der Waals surface area contributed by atoms with Gasteiger partial charge in [-0.2, -0.15) is 0 Å². The van der Waals surface area contributed by atoms with Crippen LogP contribution in [0.2, 0.25) is 0 Å². The molecule has 3 nitrogen and oxygen atoms in total. The fourth-order valence-corrected chi connectivity index (χ4v) is 2.56. The number of pyridine rings is 1. The largest absolute Gasteiger partial charge is 0.271 e. The average molecular weight is 269 g/mol. The van der Waals surface area contributed by atoms with Gasteiger partial charge < -0.3 is 0 Å². The first kappa shape index (κ1) is 14.7. The van der Waals surface area contributed by atoms with E-state index >= 15 is 0 Å². The van der Waals surface area contributed by atoms with Crippen LogP contribution < -0.4 is 11.3 Å². The summed E-state index contributed by atoms with van der Waals surface area (Å²) in [5.74, 6) is 5.77. The van der Waals surface area contributed by atoms with E-state index in [9.17, 15) is 0 Å². The number of aryl methyl sites for hydroxylation is 4. The second kappa shape index (κ2) is 6.16. The molecule has 0 saturated heterocycles. The number of aromatic nitrogens is 1. The van der Waals surface area contributed by atoms with Gasteiger partial charge in [-0.05, 0) is 56.9 Å². The van der Waals surface area contributed by atoms with E-state index in [1.54, 1.807) is 0 Å². The Kier molecular flexibility index (Phi) is 4.53. The van der Waals surface area contributed by atoms with Crippen molar-refractivity contribution in [2.24, 2.45) is 5.84 Å². The first-order valence-corrected chi connectivity index (χ1v) is 6.97. The van der Waals surface area contributed by atoms with Crippen LogP contribution in [0.15, 0.2) is 30.3 Å². The Hall–Kier alpha value is -1.71. The molecule has 20 heavy (non-hydrogen) atoms. The van der Waals surface area contributed by atoms with Gasteiger partial charge in [0.2, 0.25) is 0 Å². The highest BCUT2D eigenvalue weighted by Crippen LogP contribution is 2.22. The van der Waals surface area contributed by atoms with E-state index in [2.05, 4.69) is 48.5 Å². The quantitative estimate of drug-likeness (QED) is 0.662. The van der Waals surface area contributed by atoms with Crippen molar-refractivity contribution in [3.8, 4) is 0 Å². The third-order valence-corrected chi connectivity index (χ3v) is 3.77. The summed E-state index contributed by atoms with van der Waals surface area (Å²) in [5, 5.41) is 0. The van der Waals surface area contributed by atoms with E-state index in [0.717, 1.165) is 17.8 Å². The van der Waals surface area contributed by atoms with Gasteiger partial charge in [0, 0.05) is 11.4 Å². The lowest BCUT2D eigenvalue weighted by atomic mass is 9.94. The van der Waals surface area contributed by atoms with Crippen LogP contribution in [0.25, 0.3) is 0 Å². The topological polar surface area (TPSA) is 50.9 Å². The molecule has 0 radical (unpaired) electrons. The molecule has 0 spiro atoms. The van der Waals surface area contributed by atoms with Gasteiger partial charge in [-0.15, -0.1) is 0 Å². The lowest BCUT2D eigenvalue weighted by molar-refractivity contribution is 0.545. The predicted molar refractivity (Wildman–Crippen MR) is 83.4 cm³/mol. The maximum atomic E-state index is 5.77. The number of rotatable bonds is 4. The lowest BCUT2D eigenvalue weighted by Crippen LogP contribution is -2.30. The van der Waals surface area contributed by atoms with Crippen LogP contribution >= 0.6 is 0 Å². The maximum absolute atomic E-state index is 5.77. The Bertz CT molecular complexity index is 605. The third-order valence-electron chi connectivity index (χ3n) is 3.77. The summed E-state index contributed by atoms with van der Waals surface area (Å²) in [6.45, 7) is 8.30. The van der Waals surface area contributed by atoms with Gasteiger partial charge in [0.15, 0.2) is 0 Å². The minimum Gasteiger partial charge on any atom is -0.271 e. The fourth-order valence-electron chi connectivity index (χ4n) is 2.56. The maximum Gasteiger partial charge on any atom is 0.0518 e. The van der Waals surface area contributed by atoms with E-state index < -0.39 is 0 Å². The highest BCUT2D eigenvalue weighted by Gasteiger charge is 2.15. The van der Waals surface area contributed by atoms with Crippen molar-refractivity contribution in [3.05, 3.63) is 64.0 Å². The van der Waals surface area contributed by atoms with Crippen LogP contribution in [0.4, 0.5) is 0 Å². The number of hydrogen-bond donors (Lipinski definition) is 2. The Balaban J connectivity index is 2.31. The van der Waals surface area contributed by atoms with Gasteiger partial charge in [-0.1, -0.05) is 29.8 Å². The SMILES string of the molecule is Cc1ccc(C)c(CC(NN)c2ccc(C)nc2C)c1. The van der Waals surface area contributed by atoms with Gasteiger partial charge in [-0.25, -0.2) is 0 Å². The summed E-state index contributed by atoms with van der Waals surface area (Å²) in [5.41, 5.74) is 10.1. The number of benzene rings is 1. The van der Waals surface area contributed by atoms with Crippen molar-refractivity contribution in [3.63, 3.8) is 0 Å². The molecule has 0 aliphatic rings. The van der Waals surface area contributed by atoms with Crippen LogP contribution in [-0.4, -0.2) is 4.98 Å². The molecule has 1 atom stereocenters. The third kappa shape index (κ3) is 3.24. The van der Waals surface area contributed by atoms with Crippen LogP contribution in [0.5, 0.6) is 0 Å². The number of hydrazine groups is 1. The molecule has 1 unspecified atom stereocenters. The van der Waals surface area contributed by atoms with E-state index in [1.807, 2.05) is 19.9 Å². The van der Waals surface area contributed by atoms with Crippen molar-refractivity contribution in [1.82, 2.24) is 10.4 Å². The smallest absolute Gasteiger partial charge is 0.0518 e. The van der Waals surface area contributed by atoms with E-state index in [-0.39, 0.29) is 6.04 Å². The molecule has 0 aliphatic carbocycles. The molecule has 3 N–H and O–H groups in total. The van der Waals surface area contributed by atoms with Crippen molar-refractivity contribution < 1.29 is 0 Å². The zero-order chi connectivity index (χ0) is 14.7. The first-order valence-electron chi connectivity index (χ1n) is 6.97. The number of hydrogen-bond acceptors (Lipinski definition) is 3. The molecule has 3 heteroatoms. The molecule has 1 heterocycles. The lowest BCUT2D eigenvalue weighted by Gasteiger charge is -2.20. The molecule has 2 aromatic rings. The Morgan fingerprint density at radius 2 is 1.85 bits per heavy atom. The standard InChI is InChI=1S/C17H23N3/c1-11-5-6-12(2)15(9-11)10-17(20-18)16-8-7-13(3)19-14(16)4/h5-9,17,20H,10,18H2,1-4H3. The summed E-state index contributed by atoms with van der Waals surface area (Å²) >= 11 is 0. The number of nitrogens with two attached hydrogens (primary N) is 1. The minimum absolute atomic E-state index is 0.0867. The van der Waals surface area contributed by atoms with Crippen molar-refractivity contribution in [1.29, 1.82) is 0 Å². The Labute approximate surface area is 121 Å². The summed E-state index contributed by atoms with van der Waals surface area (Å²) < 4.78 is 0. The summed E-state index contributed by atoms with van der Waals surface area (Å²) in [4.78, 5) is 4.53. The second-order valence-corrected chi connectivity index (χ2v) is 5.48. The molecule has 0 fully saturated rings. The molecule has 106 valence electrons. The van der Waals surface area contributed by atoms with Gasteiger partial charge in [-0.3, -0.25) is 16.3 Å². The monoisotopic (exact) mass is 269 g/mol. The molecule has 0 amide bonds. The van der Waals surface area contributed by atoms with Crippen LogP contribution in [0.1, 0.15) is 39.7 Å². The summed E-state index contributed by atoms with van der Waals surface area (Å²) in [6.07, 6.45) is 0.871. The van der Waals surface area contributed by atoms with Gasteiger partial charge in [0.1, 0.15) is 0 Å². The molecule has 2 rings (SSSR count). The molecular formula is C17H23N3. The predicted octanol–water partition coefficient (Wildman–Crippen LogP) is 3.06. The zero-order valence-electron chi connectivity index (χ0n) is 12.7. The van der Waals surface area contributed by atoms with E-state index in [4.69, 9.17) is 5.84 Å². The van der Waals surface area contributed by atoms with Gasteiger partial charge in [0.25, 0.3) is 0 Å². The highest BCUT2D eigenvalue weighted by molar-refractivity contribution is 5.33. The number of nitrogens with zero attached hydrogens (tertiary/aromatic N) is 1. The summed E-state index contributed by atoms with van der Waals surface area (Å²) in [7, 11) is 0. The first-order chi connectivity index (χ1) is 9.51. The van der Waals surface area contributed by atoms with Gasteiger partial charge in [0.05, 0.1) is 6.04 Å². The second-order valence-electron chi connectivity index (χ2n) is 5.48. The zero-order valence-corrected chi connectivity index (χ0v) is 12.7. The summed E-state index contributed by atoms with van der Waals surface area (Å²) in [6, 6.07) is 10.8. The van der Waals surface area contributed by atoms with E-state index in [0.29, 0.717) is 0 Å². The normalized spacial score (nSPS) is 12.4. The Morgan fingerprint density at radius 3 is 2.50 bits per heavy atom. The van der Waals surface area contributed by atoms with Crippen molar-refractivity contribution >= 4 is 0 Å². The van der Waals surface area contributed by atoms with Crippen molar-refractivity contribution in [2.45, 2.75) is 40.2 Å². The highest BCUT2D eigenvalue weighted by atomic mass is 15.2. The molecule has 0 aliphatic heterocycles. The van der Waals surface area contributed by atoms with E-state index in [1.165, 1.54) is 22.3 Å². The molecule has 0 saturated carbocycles. The fraction of sp³-hybridized carbons (Fsp3) is 0.353. The molecule has 0 bridgehead atoms. The van der Waals surface area contributed by atoms with Crippen LogP contribution in [0.3, 0.4) is 0 Å². The van der Waals surface area contributed by atoms with Crippen LogP contribution in [0, 0.1) is 27.7 Å². The minimum atomic E-state index is 0.0867. The average Bonchev–Trinajstić information content (AvgIpc) is 2.40. The molecule has 1 aromatic heterocycles.